The van der Waals surface area contributed by atoms with Crippen molar-refractivity contribution in [2.45, 2.75) is 48.5 Å². The first-order chi connectivity index (χ1) is 16.4. The van der Waals surface area contributed by atoms with Crippen LogP contribution in [-0.2, 0) is 28.5 Å². The minimum absolute atomic E-state index is 0.262. The van der Waals surface area contributed by atoms with E-state index in [1.165, 1.54) is 25.6 Å². The third-order valence-electron chi connectivity index (χ3n) is 4.80. The van der Waals surface area contributed by atoms with Gasteiger partial charge in [0, 0.05) is 23.7 Å². The van der Waals surface area contributed by atoms with Gasteiger partial charge in [0.1, 0.15) is 24.2 Å². The highest BCUT2D eigenvalue weighted by molar-refractivity contribution is 7.99. The molecule has 0 bridgehead atoms. The van der Waals surface area contributed by atoms with Gasteiger partial charge in [-0.1, -0.05) is 53.3 Å². The van der Waals surface area contributed by atoms with Crippen molar-refractivity contribution in [2.75, 3.05) is 6.61 Å². The van der Waals surface area contributed by atoms with E-state index in [-0.39, 0.29) is 12.2 Å². The first-order valence-electron chi connectivity index (χ1n) is 10.4. The van der Waals surface area contributed by atoms with Crippen LogP contribution in [0.25, 0.3) is 10.4 Å². The van der Waals surface area contributed by atoms with E-state index < -0.39 is 47.7 Å². The van der Waals surface area contributed by atoms with E-state index in [0.29, 0.717) is 0 Å². The molecule has 11 heteroatoms. The molecule has 1 heterocycles. The Kier molecular flexibility index (Phi) is 8.92. The number of hydrogen-bond donors (Lipinski definition) is 0. The van der Waals surface area contributed by atoms with Gasteiger partial charge in [-0.05, 0) is 29.8 Å². The standard InChI is InChI=1S/C23H23N3O7S/c1-14(27)30-13-18-20(31-15(2)28)21(33-22(29)16-9-5-3-6-10-16)19(25-26-24)23(32-18)34-17-11-7-4-8-12-17/h3-12,18-21,23H,13H2,1-2H3/t18-,19-,20-,21-,23+/m1/s1. The Bertz CT molecular complexity index is 1050. The fourth-order valence-electron chi connectivity index (χ4n) is 3.37. The summed E-state index contributed by atoms with van der Waals surface area (Å²) in [5.41, 5.74) is 8.69. The number of carbonyl (C=O) groups excluding carboxylic acids is 3. The number of nitrogens with zero attached hydrogens (tertiary/aromatic N) is 3. The molecule has 0 N–H and O–H groups in total. The predicted molar refractivity (Wildman–Crippen MR) is 122 cm³/mol. The van der Waals surface area contributed by atoms with E-state index in [4.69, 9.17) is 18.9 Å². The molecule has 10 nitrogen and oxygen atoms in total. The fourth-order valence-corrected chi connectivity index (χ4v) is 4.50. The minimum Gasteiger partial charge on any atom is -0.463 e. The lowest BCUT2D eigenvalue weighted by molar-refractivity contribution is -0.198. The third-order valence-corrected chi connectivity index (χ3v) is 5.97. The average Bonchev–Trinajstić information content (AvgIpc) is 2.82. The smallest absolute Gasteiger partial charge is 0.338 e. The Morgan fingerprint density at radius 3 is 2.21 bits per heavy atom. The van der Waals surface area contributed by atoms with Crippen LogP contribution in [0.3, 0.4) is 0 Å². The van der Waals surface area contributed by atoms with Crippen LogP contribution in [0.15, 0.2) is 70.7 Å². The summed E-state index contributed by atoms with van der Waals surface area (Å²) in [7, 11) is 0. The molecule has 0 unspecified atom stereocenters. The third kappa shape index (κ3) is 6.74. The maximum absolute atomic E-state index is 12.9. The van der Waals surface area contributed by atoms with Gasteiger partial charge in [-0.2, -0.15) is 0 Å². The molecule has 2 aromatic rings. The van der Waals surface area contributed by atoms with Gasteiger partial charge in [0.15, 0.2) is 12.2 Å². The van der Waals surface area contributed by atoms with Crippen molar-refractivity contribution in [3.8, 4) is 0 Å². The van der Waals surface area contributed by atoms with E-state index >= 15 is 0 Å². The average molecular weight is 486 g/mol. The molecule has 5 atom stereocenters. The first kappa shape index (κ1) is 25.1. The minimum atomic E-state index is -1.21. The topological polar surface area (TPSA) is 137 Å². The van der Waals surface area contributed by atoms with Gasteiger partial charge in [0.2, 0.25) is 0 Å². The van der Waals surface area contributed by atoms with Crippen molar-refractivity contribution in [3.05, 3.63) is 76.7 Å². The number of benzene rings is 2. The zero-order valence-electron chi connectivity index (χ0n) is 18.5. The maximum Gasteiger partial charge on any atom is 0.338 e. The lowest BCUT2D eigenvalue weighted by Crippen LogP contribution is -2.59. The lowest BCUT2D eigenvalue weighted by atomic mass is 9.97. The molecule has 1 fully saturated rings. The van der Waals surface area contributed by atoms with Crippen LogP contribution in [-0.4, -0.2) is 54.3 Å². The van der Waals surface area contributed by atoms with Gasteiger partial charge in [0.25, 0.3) is 0 Å². The van der Waals surface area contributed by atoms with Crippen molar-refractivity contribution < 1.29 is 33.3 Å². The highest BCUT2D eigenvalue weighted by Crippen LogP contribution is 2.37. The Morgan fingerprint density at radius 1 is 0.971 bits per heavy atom. The number of rotatable bonds is 8. The summed E-state index contributed by atoms with van der Waals surface area (Å²) in [5.74, 6) is -1.93. The summed E-state index contributed by atoms with van der Waals surface area (Å²) in [6.07, 6.45) is -3.37. The molecule has 0 aromatic heterocycles. The van der Waals surface area contributed by atoms with Gasteiger partial charge in [-0.15, -0.1) is 0 Å². The highest BCUT2D eigenvalue weighted by Gasteiger charge is 2.50. The zero-order valence-corrected chi connectivity index (χ0v) is 19.3. The van der Waals surface area contributed by atoms with Crippen LogP contribution in [0.4, 0.5) is 0 Å². The number of esters is 3. The van der Waals surface area contributed by atoms with E-state index in [1.807, 2.05) is 30.3 Å². The van der Waals surface area contributed by atoms with Crippen molar-refractivity contribution in [3.63, 3.8) is 0 Å². The molecule has 178 valence electrons. The molecule has 1 saturated heterocycles. The maximum atomic E-state index is 12.9. The van der Waals surface area contributed by atoms with Crippen LogP contribution in [0.1, 0.15) is 24.2 Å². The van der Waals surface area contributed by atoms with E-state index in [9.17, 15) is 19.9 Å². The summed E-state index contributed by atoms with van der Waals surface area (Å²) < 4.78 is 22.4. The largest absolute Gasteiger partial charge is 0.463 e. The molecule has 1 aliphatic rings. The molecule has 3 rings (SSSR count). The molecule has 2 aromatic carbocycles. The molecule has 34 heavy (non-hydrogen) atoms. The number of hydrogen-bond acceptors (Lipinski definition) is 9. The van der Waals surface area contributed by atoms with Crippen LogP contribution >= 0.6 is 11.8 Å². The Labute approximate surface area is 200 Å². The second-order valence-corrected chi connectivity index (χ2v) is 8.45. The number of azide groups is 1. The van der Waals surface area contributed by atoms with Gasteiger partial charge in [-0.3, -0.25) is 9.59 Å². The normalized spacial score (nSPS) is 23.8. The summed E-state index contributed by atoms with van der Waals surface area (Å²) in [6, 6.07) is 16.4. The van der Waals surface area contributed by atoms with E-state index in [2.05, 4.69) is 10.0 Å². The summed E-state index contributed by atoms with van der Waals surface area (Å²) >= 11 is 1.24. The number of thioether (sulfide) groups is 1. The molecule has 0 radical (unpaired) electrons. The van der Waals surface area contributed by atoms with Gasteiger partial charge in [0.05, 0.1) is 5.56 Å². The quantitative estimate of drug-likeness (QED) is 0.180. The molecule has 0 saturated carbocycles. The second-order valence-electron chi connectivity index (χ2n) is 7.28. The lowest BCUT2D eigenvalue weighted by Gasteiger charge is -2.43. The summed E-state index contributed by atoms with van der Waals surface area (Å²) in [5, 5.41) is 3.84. The SMILES string of the molecule is CC(=O)OC[C@H]1O[C@@H](Sc2ccccc2)[C@H](N=[N+]=[N-])[C@@H](OC(=O)c2ccccc2)[C@@H]1OC(C)=O. The van der Waals surface area contributed by atoms with E-state index in [1.54, 1.807) is 30.3 Å². The monoisotopic (exact) mass is 485 g/mol. The van der Waals surface area contributed by atoms with Crippen molar-refractivity contribution in [1.82, 2.24) is 0 Å². The highest BCUT2D eigenvalue weighted by atomic mass is 32.2. The van der Waals surface area contributed by atoms with E-state index in [0.717, 1.165) is 4.90 Å². The van der Waals surface area contributed by atoms with Crippen molar-refractivity contribution >= 4 is 29.7 Å². The zero-order chi connectivity index (χ0) is 24.5. The fraction of sp³-hybridized carbons (Fsp3) is 0.348. The molecule has 0 amide bonds. The molecular formula is C23H23N3O7S. The van der Waals surface area contributed by atoms with Gasteiger partial charge >= 0.3 is 17.9 Å². The Morgan fingerprint density at radius 2 is 1.62 bits per heavy atom. The molecular weight excluding hydrogens is 462 g/mol. The molecule has 1 aliphatic heterocycles. The van der Waals surface area contributed by atoms with Crippen molar-refractivity contribution in [1.29, 1.82) is 0 Å². The van der Waals surface area contributed by atoms with Gasteiger partial charge < -0.3 is 18.9 Å². The Balaban J connectivity index is 1.99. The summed E-state index contributed by atoms with van der Waals surface area (Å²) in [4.78, 5) is 40.0. The van der Waals surface area contributed by atoms with Crippen LogP contribution in [0, 0.1) is 0 Å². The van der Waals surface area contributed by atoms with Crippen molar-refractivity contribution in [2.24, 2.45) is 5.11 Å². The number of ether oxygens (including phenoxy) is 4. The first-order valence-corrected chi connectivity index (χ1v) is 11.2. The predicted octanol–water partition coefficient (Wildman–Crippen LogP) is 3.90. The number of carbonyl (C=O) groups is 3. The van der Waals surface area contributed by atoms with Gasteiger partial charge in [-0.25, -0.2) is 4.79 Å². The van der Waals surface area contributed by atoms with Crippen LogP contribution in [0.2, 0.25) is 0 Å². The second kappa shape index (κ2) is 12.1. The summed E-state index contributed by atoms with van der Waals surface area (Å²) in [6.45, 7) is 2.16. The molecule has 0 spiro atoms. The Hall–Kier alpha value is -3.53. The molecule has 0 aliphatic carbocycles. The van der Waals surface area contributed by atoms with Crippen LogP contribution < -0.4 is 0 Å². The van der Waals surface area contributed by atoms with Crippen LogP contribution in [0.5, 0.6) is 0 Å².